The molecule has 15 heteroatoms. The van der Waals surface area contributed by atoms with Crippen molar-refractivity contribution in [2.75, 3.05) is 6.61 Å². The van der Waals surface area contributed by atoms with E-state index in [4.69, 9.17) is 18.7 Å². The zero-order chi connectivity index (χ0) is 46.6. The van der Waals surface area contributed by atoms with Gasteiger partial charge in [-0.05, 0) is 25.7 Å². The molecule has 0 bridgehead atoms. The molecule has 1 heterocycles. The third kappa shape index (κ3) is 31.8. The van der Waals surface area contributed by atoms with Crippen LogP contribution in [0.25, 0.3) is 0 Å². The number of ether oxygens (including phenoxy) is 3. The molecule has 1 aliphatic heterocycles. The van der Waals surface area contributed by atoms with Crippen LogP contribution in [0, 0.1) is 0 Å². The van der Waals surface area contributed by atoms with E-state index in [-0.39, 0.29) is 19.3 Å². The van der Waals surface area contributed by atoms with Gasteiger partial charge in [-0.15, -0.1) is 0 Å². The molecule has 1 rings (SSSR count). The standard InChI is InChI=1S/C48H92NO13P/c1-4-7-10-13-16-19-20-23-25-28-31-34-40(59-43(53)35-32-29-26-22-18-15-12-9-6-3)37-44(54)61-47-45(48(55)60-41(38-50)46(47)62-63(56,57)58)49-42(52)36-39(51)33-30-27-24-21-17-14-11-8-5-2/h39-41,45-48,50-51,55H,4-38H2,1-3H3,(H,49,52)(H2,56,57,58)/t39?,40?,41-,45-,46-,47-,48?/m1/s1. The predicted octanol–water partition coefficient (Wildman–Crippen LogP) is 10.2. The van der Waals surface area contributed by atoms with Gasteiger partial charge in [0.25, 0.3) is 0 Å². The smallest absolute Gasteiger partial charge is 0.462 e. The average Bonchev–Trinajstić information content (AvgIpc) is 3.23. The Bertz CT molecular complexity index is 1190. The highest BCUT2D eigenvalue weighted by atomic mass is 31.2. The Morgan fingerprint density at radius 1 is 0.603 bits per heavy atom. The maximum Gasteiger partial charge on any atom is 0.470 e. The second kappa shape index (κ2) is 38.5. The molecule has 0 saturated carbocycles. The van der Waals surface area contributed by atoms with Gasteiger partial charge in [0.2, 0.25) is 5.91 Å². The number of carbonyl (C=O) groups excluding carboxylic acids is 3. The summed E-state index contributed by atoms with van der Waals surface area (Å²) in [6.45, 7) is 5.72. The SMILES string of the molecule is CCCCCCCCCCCCCC(CC(=O)O[C@H]1[C@H](OP(=O)(O)O)[C@@H](CO)OC(O)[C@@H]1NC(=O)CC(O)CCCCCCCCCCC)OC(=O)CCCCCCCCCCC. The molecule has 1 fully saturated rings. The third-order valence-electron chi connectivity index (χ3n) is 12.1. The highest BCUT2D eigenvalue weighted by Crippen LogP contribution is 2.42. The van der Waals surface area contributed by atoms with Gasteiger partial charge >= 0.3 is 19.8 Å². The quantitative estimate of drug-likeness (QED) is 0.0191. The first-order chi connectivity index (χ1) is 30.3. The summed E-state index contributed by atoms with van der Waals surface area (Å²) in [5, 5.41) is 34.2. The minimum atomic E-state index is -5.29. The van der Waals surface area contributed by atoms with Crippen molar-refractivity contribution in [3.8, 4) is 0 Å². The van der Waals surface area contributed by atoms with Crippen molar-refractivity contribution in [3.05, 3.63) is 0 Å². The maximum atomic E-state index is 13.7. The molecule has 0 aromatic carbocycles. The van der Waals surface area contributed by atoms with Crippen LogP contribution in [0.2, 0.25) is 0 Å². The fraction of sp³-hybridized carbons (Fsp3) is 0.938. The molecule has 7 atom stereocenters. The van der Waals surface area contributed by atoms with Crippen molar-refractivity contribution in [1.82, 2.24) is 5.32 Å². The van der Waals surface area contributed by atoms with Gasteiger partial charge in [0.05, 0.1) is 25.6 Å². The normalized spacial score (nSPS) is 20.0. The van der Waals surface area contributed by atoms with E-state index in [2.05, 4.69) is 26.1 Å². The molecule has 6 N–H and O–H groups in total. The van der Waals surface area contributed by atoms with Crippen LogP contribution in [-0.2, 0) is 37.7 Å². The van der Waals surface area contributed by atoms with Crippen LogP contribution in [0.15, 0.2) is 0 Å². The minimum Gasteiger partial charge on any atom is -0.462 e. The molecule has 0 aromatic rings. The van der Waals surface area contributed by atoms with E-state index < -0.39 is 75.1 Å². The Labute approximate surface area is 381 Å². The summed E-state index contributed by atoms with van der Waals surface area (Å²) in [6, 6.07) is -1.58. The van der Waals surface area contributed by atoms with Crippen LogP contribution >= 0.6 is 7.82 Å². The number of hydrogen-bond acceptors (Lipinski definition) is 11. The lowest BCUT2D eigenvalue weighted by Crippen LogP contribution is -2.65. The molecule has 0 aromatic heterocycles. The van der Waals surface area contributed by atoms with E-state index in [0.29, 0.717) is 25.7 Å². The lowest BCUT2D eigenvalue weighted by Gasteiger charge is -2.43. The fourth-order valence-electron chi connectivity index (χ4n) is 8.35. The van der Waals surface area contributed by atoms with Crippen LogP contribution in [0.4, 0.5) is 0 Å². The van der Waals surface area contributed by atoms with Gasteiger partial charge in [0.1, 0.15) is 24.4 Å². The summed E-state index contributed by atoms with van der Waals surface area (Å²) in [5.74, 6) is -2.06. The summed E-state index contributed by atoms with van der Waals surface area (Å²) in [5.41, 5.74) is 0. The molecule has 1 amide bonds. The number of unbranched alkanes of at least 4 members (excludes halogenated alkanes) is 26. The first kappa shape index (κ1) is 59.4. The Morgan fingerprint density at radius 2 is 1.03 bits per heavy atom. The van der Waals surface area contributed by atoms with Crippen LogP contribution in [0.5, 0.6) is 0 Å². The third-order valence-corrected chi connectivity index (χ3v) is 12.6. The highest BCUT2D eigenvalue weighted by molar-refractivity contribution is 7.46. The zero-order valence-electron chi connectivity index (χ0n) is 39.7. The predicted molar refractivity (Wildman–Crippen MR) is 247 cm³/mol. The summed E-state index contributed by atoms with van der Waals surface area (Å²) < 4.78 is 34.1. The Kier molecular flexibility index (Phi) is 36.3. The van der Waals surface area contributed by atoms with Gasteiger partial charge in [-0.25, -0.2) is 4.57 Å². The van der Waals surface area contributed by atoms with Gasteiger partial charge in [0, 0.05) is 6.42 Å². The van der Waals surface area contributed by atoms with E-state index >= 15 is 0 Å². The van der Waals surface area contributed by atoms with Crippen molar-refractivity contribution in [2.24, 2.45) is 0 Å². The van der Waals surface area contributed by atoms with Crippen molar-refractivity contribution < 1.29 is 62.8 Å². The van der Waals surface area contributed by atoms with Crippen molar-refractivity contribution >= 4 is 25.7 Å². The topological polar surface area (TPSA) is 218 Å². The van der Waals surface area contributed by atoms with Gasteiger partial charge in [-0.3, -0.25) is 18.9 Å². The first-order valence-electron chi connectivity index (χ1n) is 25.4. The van der Waals surface area contributed by atoms with Crippen molar-refractivity contribution in [2.45, 2.75) is 282 Å². The molecule has 1 aliphatic rings. The van der Waals surface area contributed by atoms with E-state index in [9.17, 15) is 44.1 Å². The molecular formula is C48H92NO13P. The van der Waals surface area contributed by atoms with Gasteiger partial charge in [-0.2, -0.15) is 0 Å². The summed E-state index contributed by atoms with van der Waals surface area (Å²) in [7, 11) is -5.29. The molecule has 0 spiro atoms. The summed E-state index contributed by atoms with van der Waals surface area (Å²) in [6.07, 6.45) is 23.5. The first-order valence-corrected chi connectivity index (χ1v) is 26.9. The number of hydrogen-bond donors (Lipinski definition) is 6. The molecule has 3 unspecified atom stereocenters. The number of esters is 2. The van der Waals surface area contributed by atoms with E-state index in [0.717, 1.165) is 70.6 Å². The fourth-order valence-corrected chi connectivity index (χ4v) is 8.92. The largest absolute Gasteiger partial charge is 0.470 e. The Morgan fingerprint density at radius 3 is 1.48 bits per heavy atom. The van der Waals surface area contributed by atoms with Crippen LogP contribution in [0.3, 0.4) is 0 Å². The van der Waals surface area contributed by atoms with Gasteiger partial charge < -0.3 is 44.6 Å². The van der Waals surface area contributed by atoms with Gasteiger partial charge in [-0.1, -0.05) is 194 Å². The van der Waals surface area contributed by atoms with E-state index in [1.54, 1.807) is 0 Å². The zero-order valence-corrected chi connectivity index (χ0v) is 40.6. The van der Waals surface area contributed by atoms with Gasteiger partial charge in [0.15, 0.2) is 12.4 Å². The highest BCUT2D eigenvalue weighted by Gasteiger charge is 2.51. The molecule has 1 saturated heterocycles. The molecule has 14 nitrogen and oxygen atoms in total. The average molecular weight is 922 g/mol. The molecule has 372 valence electrons. The number of phosphoric ester groups is 1. The van der Waals surface area contributed by atoms with Crippen LogP contribution < -0.4 is 5.32 Å². The molecular weight excluding hydrogens is 829 g/mol. The van der Waals surface area contributed by atoms with Crippen LogP contribution in [0.1, 0.15) is 239 Å². The van der Waals surface area contributed by atoms with Crippen molar-refractivity contribution in [1.29, 1.82) is 0 Å². The maximum absolute atomic E-state index is 13.7. The number of nitrogens with one attached hydrogen (secondary N) is 1. The van der Waals surface area contributed by atoms with Crippen molar-refractivity contribution in [3.63, 3.8) is 0 Å². The minimum absolute atomic E-state index is 0.210. The second-order valence-electron chi connectivity index (χ2n) is 18.0. The number of carbonyl (C=O) groups is 3. The number of amides is 1. The number of rotatable bonds is 42. The lowest BCUT2D eigenvalue weighted by molar-refractivity contribution is -0.256. The van der Waals surface area contributed by atoms with Crippen LogP contribution in [-0.4, -0.2) is 92.4 Å². The molecule has 0 aliphatic carbocycles. The molecule has 0 radical (unpaired) electrons. The number of aliphatic hydroxyl groups is 3. The summed E-state index contributed by atoms with van der Waals surface area (Å²) in [4.78, 5) is 59.5. The monoisotopic (exact) mass is 922 g/mol. The summed E-state index contributed by atoms with van der Waals surface area (Å²) >= 11 is 0. The van der Waals surface area contributed by atoms with E-state index in [1.165, 1.54) is 103 Å². The number of phosphoric acid groups is 1. The Hall–Kier alpha value is -1.64. The molecule has 63 heavy (non-hydrogen) atoms. The Balaban J connectivity index is 2.96. The number of aliphatic hydroxyl groups excluding tert-OH is 3. The van der Waals surface area contributed by atoms with E-state index in [1.807, 2.05) is 0 Å². The second-order valence-corrected chi connectivity index (χ2v) is 19.2. The lowest BCUT2D eigenvalue weighted by atomic mass is 9.96.